The zero-order valence-corrected chi connectivity index (χ0v) is 11.6. The summed E-state index contributed by atoms with van der Waals surface area (Å²) in [5.41, 5.74) is 6.88. The van der Waals surface area contributed by atoms with Crippen molar-refractivity contribution < 1.29 is 4.79 Å². The van der Waals surface area contributed by atoms with E-state index in [2.05, 4.69) is 17.2 Å². The number of nitrogens with one attached hydrogen (secondary N) is 1. The number of carbonyl (C=O) groups excluding carboxylic acids is 1. The van der Waals surface area contributed by atoms with Gasteiger partial charge < -0.3 is 11.1 Å². The van der Waals surface area contributed by atoms with Crippen molar-refractivity contribution in [2.75, 3.05) is 18.8 Å². The van der Waals surface area contributed by atoms with Crippen molar-refractivity contribution in [2.24, 2.45) is 5.73 Å². The molecule has 1 amide bonds. The molecular formula is C15H18N2OS. The van der Waals surface area contributed by atoms with Crippen LogP contribution in [0, 0.1) is 11.8 Å². The summed E-state index contributed by atoms with van der Waals surface area (Å²) in [6.07, 6.45) is 2.47. The highest BCUT2D eigenvalue weighted by atomic mass is 32.2. The predicted molar refractivity (Wildman–Crippen MR) is 80.2 cm³/mol. The van der Waals surface area contributed by atoms with Crippen molar-refractivity contribution in [3.05, 3.63) is 35.4 Å². The number of nitrogens with two attached hydrogens (primary N) is 1. The third-order valence-electron chi connectivity index (χ3n) is 3.00. The highest BCUT2D eigenvalue weighted by Crippen LogP contribution is 2.25. The van der Waals surface area contributed by atoms with Crippen LogP contribution in [0.3, 0.4) is 0 Å². The molecular weight excluding hydrogens is 256 g/mol. The summed E-state index contributed by atoms with van der Waals surface area (Å²) in [5.74, 6) is 6.94. The Kier molecular flexibility index (Phi) is 5.31. The van der Waals surface area contributed by atoms with Crippen LogP contribution in [-0.2, 0) is 0 Å². The van der Waals surface area contributed by atoms with Gasteiger partial charge in [-0.1, -0.05) is 11.8 Å². The highest BCUT2D eigenvalue weighted by molar-refractivity contribution is 8.00. The number of amides is 1. The lowest BCUT2D eigenvalue weighted by Gasteiger charge is -2.10. The summed E-state index contributed by atoms with van der Waals surface area (Å²) in [5, 5.41) is 3.57. The van der Waals surface area contributed by atoms with E-state index in [1.54, 1.807) is 12.1 Å². The van der Waals surface area contributed by atoms with Gasteiger partial charge in [0, 0.05) is 22.9 Å². The molecule has 3 nitrogen and oxygen atoms in total. The second-order valence-corrected chi connectivity index (χ2v) is 5.84. The van der Waals surface area contributed by atoms with Gasteiger partial charge >= 0.3 is 0 Å². The first-order valence-corrected chi connectivity index (χ1v) is 7.53. The molecule has 1 fully saturated rings. The zero-order chi connectivity index (χ0) is 13.5. The molecule has 0 saturated carbocycles. The van der Waals surface area contributed by atoms with E-state index >= 15 is 0 Å². The monoisotopic (exact) mass is 274 g/mol. The summed E-state index contributed by atoms with van der Waals surface area (Å²) in [6.45, 7) is 1.11. The Morgan fingerprint density at radius 3 is 2.84 bits per heavy atom. The van der Waals surface area contributed by atoms with Gasteiger partial charge in [-0.15, -0.1) is 0 Å². The van der Waals surface area contributed by atoms with Crippen LogP contribution in [0.5, 0.6) is 0 Å². The molecule has 1 unspecified atom stereocenters. The van der Waals surface area contributed by atoms with Crippen molar-refractivity contribution in [1.82, 2.24) is 5.32 Å². The molecule has 0 aliphatic carbocycles. The molecule has 1 atom stereocenters. The normalized spacial score (nSPS) is 17.6. The molecule has 1 aliphatic rings. The van der Waals surface area contributed by atoms with Gasteiger partial charge in [-0.2, -0.15) is 11.8 Å². The Morgan fingerprint density at radius 2 is 2.21 bits per heavy atom. The van der Waals surface area contributed by atoms with Crippen LogP contribution >= 0.6 is 11.8 Å². The van der Waals surface area contributed by atoms with E-state index in [9.17, 15) is 4.79 Å². The Hall–Kier alpha value is -1.44. The van der Waals surface area contributed by atoms with E-state index in [0.29, 0.717) is 17.4 Å². The van der Waals surface area contributed by atoms with Gasteiger partial charge in [-0.3, -0.25) is 4.79 Å². The first-order chi connectivity index (χ1) is 9.29. The van der Waals surface area contributed by atoms with Crippen LogP contribution in [-0.4, -0.2) is 30.0 Å². The lowest BCUT2D eigenvalue weighted by Crippen LogP contribution is -2.29. The standard InChI is InChI=1S/C15H18N2OS/c16-9-1-3-12-5-7-13(8-6-12)15(18)17-11-14-4-2-10-19-14/h5-8,14H,2,4,9-11,16H2,(H,17,18). The molecule has 4 heteroatoms. The molecule has 0 radical (unpaired) electrons. The molecule has 1 heterocycles. The van der Waals surface area contributed by atoms with Crippen LogP contribution in [0.25, 0.3) is 0 Å². The van der Waals surface area contributed by atoms with E-state index in [4.69, 9.17) is 5.73 Å². The summed E-state index contributed by atoms with van der Waals surface area (Å²) in [6, 6.07) is 7.30. The van der Waals surface area contributed by atoms with Crippen LogP contribution in [0.1, 0.15) is 28.8 Å². The Balaban J connectivity index is 1.88. The minimum atomic E-state index is -0.00849. The number of benzene rings is 1. The molecule has 3 N–H and O–H groups in total. The highest BCUT2D eigenvalue weighted by Gasteiger charge is 2.16. The van der Waals surface area contributed by atoms with Crippen molar-refractivity contribution in [3.8, 4) is 11.8 Å². The maximum atomic E-state index is 12.0. The fraction of sp³-hybridized carbons (Fsp3) is 0.400. The van der Waals surface area contributed by atoms with Crippen LogP contribution < -0.4 is 11.1 Å². The molecule has 100 valence electrons. The molecule has 1 aliphatic heterocycles. The van der Waals surface area contributed by atoms with E-state index in [-0.39, 0.29) is 5.91 Å². The van der Waals surface area contributed by atoms with Crippen molar-refractivity contribution in [3.63, 3.8) is 0 Å². The minimum absolute atomic E-state index is 0.00849. The maximum absolute atomic E-state index is 12.0. The van der Waals surface area contributed by atoms with Crippen LogP contribution in [0.15, 0.2) is 24.3 Å². The average Bonchev–Trinajstić information content (AvgIpc) is 2.96. The van der Waals surface area contributed by atoms with Crippen molar-refractivity contribution in [2.45, 2.75) is 18.1 Å². The largest absolute Gasteiger partial charge is 0.351 e. The molecule has 1 aromatic rings. The summed E-state index contributed by atoms with van der Waals surface area (Å²) >= 11 is 1.95. The van der Waals surface area contributed by atoms with Gasteiger partial charge in [-0.05, 0) is 42.9 Å². The molecule has 19 heavy (non-hydrogen) atoms. The summed E-state index contributed by atoms with van der Waals surface area (Å²) < 4.78 is 0. The van der Waals surface area contributed by atoms with E-state index < -0.39 is 0 Å². The first-order valence-electron chi connectivity index (χ1n) is 6.48. The van der Waals surface area contributed by atoms with E-state index in [0.717, 1.165) is 12.1 Å². The Bertz CT molecular complexity index is 481. The minimum Gasteiger partial charge on any atom is -0.351 e. The number of rotatable bonds is 3. The van der Waals surface area contributed by atoms with Gasteiger partial charge in [0.2, 0.25) is 0 Å². The number of hydrogen-bond donors (Lipinski definition) is 2. The quantitative estimate of drug-likeness (QED) is 0.824. The zero-order valence-electron chi connectivity index (χ0n) is 10.8. The van der Waals surface area contributed by atoms with Crippen molar-refractivity contribution in [1.29, 1.82) is 0 Å². The first kappa shape index (κ1) is 14.0. The average molecular weight is 274 g/mol. The molecule has 0 aromatic heterocycles. The van der Waals surface area contributed by atoms with Gasteiger partial charge in [0.1, 0.15) is 0 Å². The summed E-state index contributed by atoms with van der Waals surface area (Å²) in [4.78, 5) is 12.0. The second-order valence-electron chi connectivity index (χ2n) is 4.43. The van der Waals surface area contributed by atoms with Crippen molar-refractivity contribution >= 4 is 17.7 Å². The third-order valence-corrected chi connectivity index (χ3v) is 4.39. The smallest absolute Gasteiger partial charge is 0.251 e. The predicted octanol–water partition coefficient (Wildman–Crippen LogP) is 1.62. The fourth-order valence-corrected chi connectivity index (χ4v) is 3.17. The second kappa shape index (κ2) is 7.22. The van der Waals surface area contributed by atoms with E-state index in [1.807, 2.05) is 23.9 Å². The molecule has 1 aromatic carbocycles. The topological polar surface area (TPSA) is 55.1 Å². The molecule has 0 bridgehead atoms. The number of carbonyl (C=O) groups is 1. The van der Waals surface area contributed by atoms with Gasteiger partial charge in [0.25, 0.3) is 5.91 Å². The molecule has 2 rings (SSSR count). The summed E-state index contributed by atoms with van der Waals surface area (Å²) in [7, 11) is 0. The van der Waals surface area contributed by atoms with Gasteiger partial charge in [0.15, 0.2) is 0 Å². The lowest BCUT2D eigenvalue weighted by atomic mass is 10.1. The SMILES string of the molecule is NCC#Cc1ccc(C(=O)NCC2CCCS2)cc1. The number of thioether (sulfide) groups is 1. The lowest BCUT2D eigenvalue weighted by molar-refractivity contribution is 0.0953. The maximum Gasteiger partial charge on any atom is 0.251 e. The molecule has 1 saturated heterocycles. The fourth-order valence-electron chi connectivity index (χ4n) is 1.97. The van der Waals surface area contributed by atoms with Gasteiger partial charge in [0.05, 0.1) is 6.54 Å². The Labute approximate surface area is 118 Å². The third kappa shape index (κ3) is 4.30. The van der Waals surface area contributed by atoms with Crippen LogP contribution in [0.2, 0.25) is 0 Å². The van der Waals surface area contributed by atoms with Gasteiger partial charge in [-0.25, -0.2) is 0 Å². The van der Waals surface area contributed by atoms with Crippen LogP contribution in [0.4, 0.5) is 0 Å². The molecule has 0 spiro atoms. The Morgan fingerprint density at radius 1 is 1.42 bits per heavy atom. The van der Waals surface area contributed by atoms with E-state index in [1.165, 1.54) is 18.6 Å². The number of hydrogen-bond acceptors (Lipinski definition) is 3.